The third-order valence-electron chi connectivity index (χ3n) is 3.11. The Balaban J connectivity index is 2.37. The molecule has 0 aliphatic rings. The van der Waals surface area contributed by atoms with Crippen LogP contribution >= 0.6 is 11.8 Å². The zero-order chi connectivity index (χ0) is 18.8. The summed E-state index contributed by atoms with van der Waals surface area (Å²) in [5.74, 6) is 6.24. The van der Waals surface area contributed by atoms with Gasteiger partial charge in [0.05, 0.1) is 30.9 Å². The van der Waals surface area contributed by atoms with Crippen LogP contribution in [0, 0.1) is 0 Å². The third kappa shape index (κ3) is 4.36. The lowest BCUT2D eigenvalue weighted by Crippen LogP contribution is -2.30. The number of rotatable bonds is 5. The molecular formula is C16H21N3O5S. The number of hydrogen-bond donors (Lipinski definition) is 1. The highest BCUT2D eigenvalue weighted by Crippen LogP contribution is 2.30. The fourth-order valence-corrected chi connectivity index (χ4v) is 2.79. The van der Waals surface area contributed by atoms with Crippen LogP contribution in [0.1, 0.15) is 20.8 Å². The molecule has 2 N–H and O–H groups in total. The van der Waals surface area contributed by atoms with Crippen LogP contribution in [-0.4, -0.2) is 41.2 Å². The van der Waals surface area contributed by atoms with Gasteiger partial charge in [0.15, 0.2) is 16.7 Å². The van der Waals surface area contributed by atoms with Crippen LogP contribution in [-0.2, 0) is 9.53 Å². The van der Waals surface area contributed by atoms with Crippen LogP contribution in [0.3, 0.4) is 0 Å². The molecule has 0 spiro atoms. The van der Waals surface area contributed by atoms with E-state index in [0.717, 1.165) is 16.4 Å². The molecule has 0 saturated heterocycles. The van der Waals surface area contributed by atoms with Crippen LogP contribution in [0.4, 0.5) is 0 Å². The largest absolute Gasteiger partial charge is 0.493 e. The molecule has 0 aliphatic heterocycles. The lowest BCUT2D eigenvalue weighted by Gasteiger charge is -2.19. The van der Waals surface area contributed by atoms with Crippen molar-refractivity contribution < 1.29 is 19.0 Å². The molecule has 8 nitrogen and oxygen atoms in total. The molecule has 0 fully saturated rings. The molecule has 0 atom stereocenters. The van der Waals surface area contributed by atoms with Gasteiger partial charge in [0, 0.05) is 6.07 Å². The van der Waals surface area contributed by atoms with E-state index in [1.807, 2.05) is 0 Å². The highest BCUT2D eigenvalue weighted by atomic mass is 32.2. The first kappa shape index (κ1) is 18.9. The summed E-state index contributed by atoms with van der Waals surface area (Å²) < 4.78 is 16.5. The van der Waals surface area contributed by atoms with E-state index in [4.69, 9.17) is 20.1 Å². The number of methoxy groups -OCH3 is 2. The average Bonchev–Trinajstić information content (AvgIpc) is 2.54. The smallest absolute Gasteiger partial charge is 0.316 e. The van der Waals surface area contributed by atoms with Crippen molar-refractivity contribution in [3.05, 3.63) is 22.5 Å². The quantitative estimate of drug-likeness (QED) is 0.367. The summed E-state index contributed by atoms with van der Waals surface area (Å²) in [6.07, 6.45) is 0. The maximum Gasteiger partial charge on any atom is 0.316 e. The molecule has 0 saturated carbocycles. The van der Waals surface area contributed by atoms with E-state index in [2.05, 4.69) is 4.98 Å². The van der Waals surface area contributed by atoms with Crippen molar-refractivity contribution in [1.82, 2.24) is 9.66 Å². The number of thioether (sulfide) groups is 1. The highest BCUT2D eigenvalue weighted by Gasteiger charge is 2.19. The maximum atomic E-state index is 12.5. The lowest BCUT2D eigenvalue weighted by atomic mass is 10.2. The minimum absolute atomic E-state index is 0.0142. The predicted octanol–water partition coefficient (Wildman–Crippen LogP) is 1.56. The fraction of sp³-hybridized carbons (Fsp3) is 0.438. The van der Waals surface area contributed by atoms with Crippen LogP contribution in [0.5, 0.6) is 11.5 Å². The van der Waals surface area contributed by atoms with Crippen molar-refractivity contribution in [3.8, 4) is 11.5 Å². The third-order valence-corrected chi connectivity index (χ3v) is 4.04. The van der Waals surface area contributed by atoms with Crippen molar-refractivity contribution in [1.29, 1.82) is 0 Å². The van der Waals surface area contributed by atoms with Gasteiger partial charge in [-0.25, -0.2) is 9.66 Å². The molecule has 0 radical (unpaired) electrons. The Hall–Kier alpha value is -2.42. The second kappa shape index (κ2) is 7.22. The molecule has 136 valence electrons. The zero-order valence-corrected chi connectivity index (χ0v) is 15.6. The number of nitrogen functional groups attached to an aromatic ring is 1. The van der Waals surface area contributed by atoms with Crippen LogP contribution in [0.25, 0.3) is 10.9 Å². The number of esters is 1. The van der Waals surface area contributed by atoms with Gasteiger partial charge in [-0.1, -0.05) is 11.8 Å². The minimum Gasteiger partial charge on any atom is -0.493 e. The lowest BCUT2D eigenvalue weighted by molar-refractivity contribution is -0.151. The molecule has 9 heteroatoms. The molecule has 1 aromatic carbocycles. The number of ether oxygens (including phenoxy) is 3. The summed E-state index contributed by atoms with van der Waals surface area (Å²) in [5.41, 5.74) is -0.630. The van der Waals surface area contributed by atoms with Crippen molar-refractivity contribution in [2.24, 2.45) is 0 Å². The van der Waals surface area contributed by atoms with E-state index in [1.54, 1.807) is 26.8 Å². The van der Waals surface area contributed by atoms with Crippen LogP contribution in [0.2, 0.25) is 0 Å². The molecule has 0 unspecified atom stereocenters. The highest BCUT2D eigenvalue weighted by molar-refractivity contribution is 7.99. The first-order chi connectivity index (χ1) is 11.7. The van der Waals surface area contributed by atoms with Crippen molar-refractivity contribution >= 4 is 28.6 Å². The molecule has 0 amide bonds. The number of nitrogens with two attached hydrogens (primary N) is 1. The van der Waals surface area contributed by atoms with E-state index in [0.29, 0.717) is 22.4 Å². The van der Waals surface area contributed by atoms with Crippen LogP contribution in [0.15, 0.2) is 22.1 Å². The summed E-state index contributed by atoms with van der Waals surface area (Å²) >= 11 is 1.03. The van der Waals surface area contributed by atoms with Gasteiger partial charge in [0.2, 0.25) is 0 Å². The fourth-order valence-electron chi connectivity index (χ4n) is 2.10. The molecule has 25 heavy (non-hydrogen) atoms. The van der Waals surface area contributed by atoms with Crippen molar-refractivity contribution in [3.63, 3.8) is 0 Å². The standard InChI is InChI=1S/C16H21N3O5S/c1-16(2,3)24-13(20)8-25-15-18-10-7-12(23-5)11(22-4)6-9(10)14(21)19(15)17/h6-7H,8,17H2,1-5H3. The summed E-state index contributed by atoms with van der Waals surface area (Å²) in [6, 6.07) is 3.11. The first-order valence-corrected chi connectivity index (χ1v) is 8.43. The Labute approximate surface area is 149 Å². The Kier molecular flexibility index (Phi) is 5.46. The Morgan fingerprint density at radius 1 is 1.24 bits per heavy atom. The van der Waals surface area contributed by atoms with Gasteiger partial charge in [0.1, 0.15) is 5.60 Å². The van der Waals surface area contributed by atoms with E-state index in [-0.39, 0.29) is 10.9 Å². The number of carbonyl (C=O) groups is 1. The molecule has 0 aliphatic carbocycles. The van der Waals surface area contributed by atoms with E-state index in [9.17, 15) is 9.59 Å². The Morgan fingerprint density at radius 2 is 1.84 bits per heavy atom. The number of nitrogens with zero attached hydrogens (tertiary/aromatic N) is 2. The SMILES string of the molecule is COc1cc2nc(SCC(=O)OC(C)(C)C)n(N)c(=O)c2cc1OC. The van der Waals surface area contributed by atoms with Gasteiger partial charge in [-0.2, -0.15) is 0 Å². The summed E-state index contributed by atoms with van der Waals surface area (Å²) in [7, 11) is 2.97. The van der Waals surface area contributed by atoms with E-state index in [1.165, 1.54) is 20.3 Å². The summed E-state index contributed by atoms with van der Waals surface area (Å²) in [4.78, 5) is 28.6. The van der Waals surface area contributed by atoms with Gasteiger partial charge < -0.3 is 20.1 Å². The van der Waals surface area contributed by atoms with Gasteiger partial charge in [-0.3, -0.25) is 9.59 Å². The van der Waals surface area contributed by atoms with E-state index >= 15 is 0 Å². The van der Waals surface area contributed by atoms with E-state index < -0.39 is 17.1 Å². The summed E-state index contributed by atoms with van der Waals surface area (Å²) in [6.45, 7) is 5.34. The van der Waals surface area contributed by atoms with Crippen molar-refractivity contribution in [2.75, 3.05) is 25.8 Å². The molecular weight excluding hydrogens is 346 g/mol. The van der Waals surface area contributed by atoms with Gasteiger partial charge >= 0.3 is 5.97 Å². The normalized spacial score (nSPS) is 11.4. The number of aromatic nitrogens is 2. The molecule has 1 aromatic heterocycles. The monoisotopic (exact) mass is 367 g/mol. The number of carbonyl (C=O) groups excluding carboxylic acids is 1. The number of hydrogen-bond acceptors (Lipinski definition) is 8. The summed E-state index contributed by atoms with van der Waals surface area (Å²) in [5, 5.41) is 0.498. The van der Waals surface area contributed by atoms with Gasteiger partial charge in [-0.05, 0) is 26.8 Å². The molecule has 2 aromatic rings. The Bertz CT molecular complexity index is 857. The number of fused-ring (bicyclic) bond motifs is 1. The second-order valence-electron chi connectivity index (χ2n) is 6.17. The van der Waals surface area contributed by atoms with Crippen molar-refractivity contribution in [2.45, 2.75) is 31.5 Å². The average molecular weight is 367 g/mol. The number of benzene rings is 1. The zero-order valence-electron chi connectivity index (χ0n) is 14.8. The maximum absolute atomic E-state index is 12.5. The van der Waals surface area contributed by atoms with Gasteiger partial charge in [-0.15, -0.1) is 0 Å². The first-order valence-electron chi connectivity index (χ1n) is 7.44. The Morgan fingerprint density at radius 3 is 2.40 bits per heavy atom. The van der Waals surface area contributed by atoms with Gasteiger partial charge in [0.25, 0.3) is 5.56 Å². The van der Waals surface area contributed by atoms with Crippen LogP contribution < -0.4 is 20.9 Å². The minimum atomic E-state index is -0.583. The molecule has 0 bridgehead atoms. The predicted molar refractivity (Wildman–Crippen MR) is 95.8 cm³/mol. The topological polar surface area (TPSA) is 106 Å². The molecule has 2 rings (SSSR count). The second-order valence-corrected chi connectivity index (χ2v) is 7.11. The molecule has 1 heterocycles.